The molecule has 0 aliphatic carbocycles. The number of para-hydroxylation sites is 1. The third-order valence-electron chi connectivity index (χ3n) is 2.72. The average Bonchev–Trinajstić information content (AvgIpc) is 3.02. The van der Waals surface area contributed by atoms with Gasteiger partial charge in [0.2, 0.25) is 0 Å². The van der Waals surface area contributed by atoms with Gasteiger partial charge in [-0.2, -0.15) is 0 Å². The fraction of sp³-hybridized carbons (Fsp3) is 0.0769. The maximum absolute atomic E-state index is 12.3. The van der Waals surface area contributed by atoms with Crippen LogP contribution in [-0.2, 0) is 0 Å². The number of amides is 1. The minimum absolute atomic E-state index is 0.153. The van der Waals surface area contributed by atoms with Crippen LogP contribution in [0.3, 0.4) is 0 Å². The number of anilines is 1. The van der Waals surface area contributed by atoms with Gasteiger partial charge in [-0.1, -0.05) is 23.5 Å². The molecule has 2 aromatic heterocycles. The maximum atomic E-state index is 12.3. The number of furan rings is 1. The second-order valence-electron chi connectivity index (χ2n) is 3.94. The van der Waals surface area contributed by atoms with Crippen molar-refractivity contribution in [2.45, 2.75) is 0 Å². The Hall–Kier alpha value is -1.66. The second kappa shape index (κ2) is 4.79. The molecule has 0 radical (unpaired) electrons. The molecule has 19 heavy (non-hydrogen) atoms. The minimum Gasteiger partial charge on any atom is -0.457 e. The smallest absolute Gasteiger partial charge is 0.264 e. The molecular weight excluding hydrogens is 328 g/mol. The largest absolute Gasteiger partial charge is 0.457 e. The molecular formula is C13H9BrN2O2S. The van der Waals surface area contributed by atoms with E-state index >= 15 is 0 Å². The molecule has 0 bridgehead atoms. The van der Waals surface area contributed by atoms with Gasteiger partial charge in [-0.25, -0.2) is 4.98 Å². The molecule has 2 heterocycles. The highest BCUT2D eigenvalue weighted by atomic mass is 79.9. The summed E-state index contributed by atoms with van der Waals surface area (Å²) in [5.41, 5.74) is 1.38. The number of carbonyl (C=O) groups excluding carboxylic acids is 1. The van der Waals surface area contributed by atoms with Crippen LogP contribution in [0.2, 0.25) is 0 Å². The van der Waals surface area contributed by atoms with Crippen LogP contribution in [0.15, 0.2) is 45.7 Å². The van der Waals surface area contributed by atoms with Gasteiger partial charge >= 0.3 is 0 Å². The molecule has 3 rings (SSSR count). The van der Waals surface area contributed by atoms with Crippen LogP contribution in [0.5, 0.6) is 0 Å². The van der Waals surface area contributed by atoms with Crippen molar-refractivity contribution in [2.24, 2.45) is 0 Å². The van der Waals surface area contributed by atoms with E-state index in [4.69, 9.17) is 4.42 Å². The lowest BCUT2D eigenvalue weighted by Gasteiger charge is -2.12. The highest BCUT2D eigenvalue weighted by Crippen LogP contribution is 2.29. The Labute approximate surface area is 121 Å². The highest BCUT2D eigenvalue weighted by Gasteiger charge is 2.20. The van der Waals surface area contributed by atoms with Crippen molar-refractivity contribution in [3.8, 4) is 0 Å². The fourth-order valence-electron chi connectivity index (χ4n) is 1.72. The number of aromatic nitrogens is 1. The molecule has 6 heteroatoms. The molecule has 0 saturated carbocycles. The van der Waals surface area contributed by atoms with Crippen molar-refractivity contribution in [1.29, 1.82) is 0 Å². The Bertz CT molecular complexity index is 717. The monoisotopic (exact) mass is 336 g/mol. The summed E-state index contributed by atoms with van der Waals surface area (Å²) in [7, 11) is 1.71. The SMILES string of the molecule is CN(C(=O)c1ccoc1Br)c1nc2ccccc2s1. The fourth-order valence-corrected chi connectivity index (χ4v) is 3.05. The maximum Gasteiger partial charge on any atom is 0.264 e. The van der Waals surface area contributed by atoms with Gasteiger partial charge in [0.05, 0.1) is 22.0 Å². The predicted octanol–water partition coefficient (Wildman–Crippen LogP) is 3.93. The molecule has 1 aromatic carbocycles. The first-order chi connectivity index (χ1) is 9.16. The standard InChI is InChI=1S/C13H9BrN2O2S/c1-16(12(17)8-6-7-18-11(8)14)13-15-9-4-2-3-5-10(9)19-13/h2-7H,1H3. The van der Waals surface area contributed by atoms with E-state index in [1.807, 2.05) is 24.3 Å². The molecule has 0 N–H and O–H groups in total. The molecule has 4 nitrogen and oxygen atoms in total. The summed E-state index contributed by atoms with van der Waals surface area (Å²) < 4.78 is 6.58. The first-order valence-electron chi connectivity index (χ1n) is 5.53. The molecule has 0 unspecified atom stereocenters. The summed E-state index contributed by atoms with van der Waals surface area (Å²) in [5, 5.41) is 0.666. The Morgan fingerprint density at radius 2 is 2.16 bits per heavy atom. The number of carbonyl (C=O) groups is 1. The molecule has 0 atom stereocenters. The first kappa shape index (κ1) is 12.4. The molecule has 96 valence electrons. The van der Waals surface area contributed by atoms with Crippen molar-refractivity contribution in [3.63, 3.8) is 0 Å². The second-order valence-corrected chi connectivity index (χ2v) is 5.67. The molecule has 3 aromatic rings. The number of hydrogen-bond acceptors (Lipinski definition) is 4. The first-order valence-corrected chi connectivity index (χ1v) is 7.14. The molecule has 1 amide bonds. The van der Waals surface area contributed by atoms with E-state index in [0.717, 1.165) is 10.2 Å². The van der Waals surface area contributed by atoms with Gasteiger partial charge in [-0.3, -0.25) is 9.69 Å². The number of rotatable bonds is 2. The number of benzene rings is 1. The predicted molar refractivity (Wildman–Crippen MR) is 78.8 cm³/mol. The van der Waals surface area contributed by atoms with E-state index in [9.17, 15) is 4.79 Å². The van der Waals surface area contributed by atoms with Gasteiger partial charge in [-0.15, -0.1) is 0 Å². The third kappa shape index (κ3) is 2.17. The minimum atomic E-state index is -0.153. The molecule has 0 saturated heterocycles. The van der Waals surface area contributed by atoms with Crippen LogP contribution < -0.4 is 4.90 Å². The van der Waals surface area contributed by atoms with Gasteiger partial charge in [0.25, 0.3) is 5.91 Å². The van der Waals surface area contributed by atoms with E-state index in [1.54, 1.807) is 13.1 Å². The number of thiazole rings is 1. The molecule has 0 aliphatic rings. The number of halogens is 1. The lowest BCUT2D eigenvalue weighted by Crippen LogP contribution is -2.25. The summed E-state index contributed by atoms with van der Waals surface area (Å²) in [6.07, 6.45) is 1.48. The summed E-state index contributed by atoms with van der Waals surface area (Å²) in [4.78, 5) is 18.3. The van der Waals surface area contributed by atoms with Crippen molar-refractivity contribution in [2.75, 3.05) is 11.9 Å². The molecule has 0 spiro atoms. The van der Waals surface area contributed by atoms with Gasteiger partial charge in [0.15, 0.2) is 9.80 Å². The van der Waals surface area contributed by atoms with Crippen LogP contribution in [0, 0.1) is 0 Å². The van der Waals surface area contributed by atoms with Crippen molar-refractivity contribution >= 4 is 48.5 Å². The van der Waals surface area contributed by atoms with Crippen molar-refractivity contribution < 1.29 is 9.21 Å². The van der Waals surface area contributed by atoms with E-state index in [-0.39, 0.29) is 5.91 Å². The molecule has 0 aliphatic heterocycles. The Morgan fingerprint density at radius 1 is 1.37 bits per heavy atom. The van der Waals surface area contributed by atoms with Crippen LogP contribution in [0.1, 0.15) is 10.4 Å². The zero-order valence-corrected chi connectivity index (χ0v) is 12.4. The Balaban J connectivity index is 1.97. The molecule has 0 fully saturated rings. The normalized spacial score (nSPS) is 10.8. The van der Waals surface area contributed by atoms with E-state index in [2.05, 4.69) is 20.9 Å². The van der Waals surface area contributed by atoms with Crippen molar-refractivity contribution in [1.82, 2.24) is 4.98 Å². The van der Waals surface area contributed by atoms with Crippen LogP contribution in [0.25, 0.3) is 10.2 Å². The number of hydrogen-bond donors (Lipinski definition) is 0. The summed E-state index contributed by atoms with van der Waals surface area (Å²) in [6.45, 7) is 0. The van der Waals surface area contributed by atoms with Gasteiger partial charge in [-0.05, 0) is 34.1 Å². The van der Waals surface area contributed by atoms with E-state index in [0.29, 0.717) is 15.4 Å². The third-order valence-corrected chi connectivity index (χ3v) is 4.45. The number of nitrogens with zero attached hydrogens (tertiary/aromatic N) is 2. The van der Waals surface area contributed by atoms with E-state index < -0.39 is 0 Å². The number of fused-ring (bicyclic) bond motifs is 1. The van der Waals surface area contributed by atoms with Crippen molar-refractivity contribution in [3.05, 3.63) is 46.8 Å². The van der Waals surface area contributed by atoms with E-state index in [1.165, 1.54) is 22.5 Å². The van der Waals surface area contributed by atoms with Crippen LogP contribution in [-0.4, -0.2) is 17.9 Å². The zero-order chi connectivity index (χ0) is 13.4. The summed E-state index contributed by atoms with van der Waals surface area (Å²) in [6, 6.07) is 9.44. The van der Waals surface area contributed by atoms with Crippen LogP contribution in [0.4, 0.5) is 5.13 Å². The van der Waals surface area contributed by atoms with Gasteiger partial charge in [0.1, 0.15) is 0 Å². The summed E-state index contributed by atoms with van der Waals surface area (Å²) >= 11 is 4.70. The lowest BCUT2D eigenvalue weighted by atomic mass is 10.3. The summed E-state index contributed by atoms with van der Waals surface area (Å²) in [5.74, 6) is -0.153. The average molecular weight is 337 g/mol. The van der Waals surface area contributed by atoms with Crippen LogP contribution >= 0.6 is 27.3 Å². The topological polar surface area (TPSA) is 46.3 Å². The zero-order valence-electron chi connectivity index (χ0n) is 9.96. The Kier molecular flexibility index (Phi) is 3.12. The van der Waals surface area contributed by atoms with Gasteiger partial charge < -0.3 is 4.42 Å². The lowest BCUT2D eigenvalue weighted by molar-refractivity contribution is 0.0991. The highest BCUT2D eigenvalue weighted by molar-refractivity contribution is 9.10. The van der Waals surface area contributed by atoms with Gasteiger partial charge in [0, 0.05) is 7.05 Å². The Morgan fingerprint density at radius 3 is 2.84 bits per heavy atom. The quantitative estimate of drug-likeness (QED) is 0.712.